The molecular weight excluding hydrogens is 246 g/mol. The highest BCUT2D eigenvalue weighted by molar-refractivity contribution is 7.18. The van der Waals surface area contributed by atoms with Crippen LogP contribution in [0.2, 0.25) is 0 Å². The van der Waals surface area contributed by atoms with Crippen LogP contribution in [0.1, 0.15) is 24.1 Å². The van der Waals surface area contributed by atoms with Gasteiger partial charge in [0.2, 0.25) is 5.88 Å². The average Bonchev–Trinajstić information content (AvgIpc) is 2.78. The lowest BCUT2D eigenvalue weighted by Gasteiger charge is -2.23. The minimum Gasteiger partial charge on any atom is -0.475 e. The van der Waals surface area contributed by atoms with E-state index < -0.39 is 0 Å². The number of fused-ring (bicyclic) bond motifs is 1. The summed E-state index contributed by atoms with van der Waals surface area (Å²) in [5.41, 5.74) is 0. The number of piperidine rings is 1. The molecule has 2 aromatic rings. The molecule has 1 fully saturated rings. The zero-order chi connectivity index (χ0) is 12.4. The molecule has 0 aromatic carbocycles. The molecule has 1 unspecified atom stereocenters. The Morgan fingerprint density at radius 2 is 2.39 bits per heavy atom. The van der Waals surface area contributed by atoms with Crippen molar-refractivity contribution in [2.75, 3.05) is 13.2 Å². The first-order valence-electron chi connectivity index (χ1n) is 6.40. The van der Waals surface area contributed by atoms with Crippen LogP contribution in [-0.4, -0.2) is 29.2 Å². The van der Waals surface area contributed by atoms with Gasteiger partial charge < -0.3 is 10.1 Å². The molecule has 0 amide bonds. The van der Waals surface area contributed by atoms with Crippen LogP contribution in [0.4, 0.5) is 0 Å². The molecule has 0 aliphatic carbocycles. The molecule has 4 nitrogen and oxygen atoms in total. The number of thiophene rings is 1. The smallest absolute Gasteiger partial charge is 0.225 e. The number of aryl methyl sites for hydroxylation is 1. The molecule has 1 N–H and O–H groups in total. The first-order chi connectivity index (χ1) is 8.83. The maximum atomic E-state index is 5.87. The van der Waals surface area contributed by atoms with Crippen molar-refractivity contribution >= 4 is 21.6 Å². The summed E-state index contributed by atoms with van der Waals surface area (Å²) in [6.45, 7) is 3.88. The zero-order valence-corrected chi connectivity index (χ0v) is 11.3. The molecule has 1 atom stereocenters. The van der Waals surface area contributed by atoms with Gasteiger partial charge in [0.15, 0.2) is 0 Å². The fourth-order valence-electron chi connectivity index (χ4n) is 2.32. The molecule has 96 valence electrons. The highest BCUT2D eigenvalue weighted by Gasteiger charge is 2.14. The van der Waals surface area contributed by atoms with Gasteiger partial charge in [0.1, 0.15) is 17.8 Å². The second-order valence-corrected chi connectivity index (χ2v) is 5.95. The Labute approximate surface area is 110 Å². The third-order valence-corrected chi connectivity index (χ3v) is 4.21. The van der Waals surface area contributed by atoms with E-state index >= 15 is 0 Å². The summed E-state index contributed by atoms with van der Waals surface area (Å²) in [4.78, 5) is 10.8. The first-order valence-corrected chi connectivity index (χ1v) is 7.22. The highest BCUT2D eigenvalue weighted by atomic mass is 32.1. The van der Waals surface area contributed by atoms with Gasteiger partial charge in [0, 0.05) is 10.9 Å². The normalized spacial score (nSPS) is 20.2. The van der Waals surface area contributed by atoms with E-state index in [4.69, 9.17) is 4.74 Å². The van der Waals surface area contributed by atoms with Crippen LogP contribution >= 0.6 is 11.3 Å². The molecule has 5 heteroatoms. The average molecular weight is 263 g/mol. The Bertz CT molecular complexity index is 534. The molecule has 3 heterocycles. The summed E-state index contributed by atoms with van der Waals surface area (Å²) in [6, 6.07) is 2.56. The van der Waals surface area contributed by atoms with Gasteiger partial charge in [0.05, 0.1) is 5.39 Å². The lowest BCUT2D eigenvalue weighted by molar-refractivity contribution is 0.234. The number of hydrogen-bond donors (Lipinski definition) is 1. The number of nitrogens with one attached hydrogen (secondary N) is 1. The van der Waals surface area contributed by atoms with Crippen molar-refractivity contribution in [2.45, 2.75) is 32.2 Å². The number of rotatable bonds is 3. The molecule has 1 aliphatic heterocycles. The van der Waals surface area contributed by atoms with E-state index in [1.54, 1.807) is 17.7 Å². The van der Waals surface area contributed by atoms with Crippen LogP contribution in [0.15, 0.2) is 12.4 Å². The minimum absolute atomic E-state index is 0.462. The van der Waals surface area contributed by atoms with Gasteiger partial charge in [-0.25, -0.2) is 9.97 Å². The van der Waals surface area contributed by atoms with Gasteiger partial charge in [-0.3, -0.25) is 0 Å². The van der Waals surface area contributed by atoms with Crippen LogP contribution < -0.4 is 10.1 Å². The van der Waals surface area contributed by atoms with Crippen molar-refractivity contribution in [3.05, 3.63) is 17.3 Å². The predicted octanol–water partition coefficient (Wildman–Crippen LogP) is 2.52. The second-order valence-electron chi connectivity index (χ2n) is 4.71. The molecular formula is C13H17N3OS. The Morgan fingerprint density at radius 3 is 3.22 bits per heavy atom. The molecule has 1 saturated heterocycles. The van der Waals surface area contributed by atoms with Crippen LogP contribution in [-0.2, 0) is 0 Å². The largest absolute Gasteiger partial charge is 0.475 e. The van der Waals surface area contributed by atoms with Gasteiger partial charge >= 0.3 is 0 Å². The van der Waals surface area contributed by atoms with Crippen molar-refractivity contribution in [2.24, 2.45) is 0 Å². The summed E-state index contributed by atoms with van der Waals surface area (Å²) >= 11 is 1.68. The van der Waals surface area contributed by atoms with Gasteiger partial charge in [-0.15, -0.1) is 11.3 Å². The Hall–Kier alpha value is -1.20. The van der Waals surface area contributed by atoms with Gasteiger partial charge in [-0.1, -0.05) is 6.42 Å². The molecule has 2 aromatic heterocycles. The lowest BCUT2D eigenvalue weighted by atomic mass is 10.1. The Kier molecular flexibility index (Phi) is 3.43. The number of nitrogens with zero attached hydrogens (tertiary/aromatic N) is 2. The molecule has 0 radical (unpaired) electrons. The molecule has 1 aliphatic rings. The molecule has 3 rings (SSSR count). The maximum Gasteiger partial charge on any atom is 0.225 e. The second kappa shape index (κ2) is 5.20. The number of aromatic nitrogens is 2. The zero-order valence-electron chi connectivity index (χ0n) is 10.5. The van der Waals surface area contributed by atoms with Gasteiger partial charge in [-0.05, 0) is 32.4 Å². The summed E-state index contributed by atoms with van der Waals surface area (Å²) in [5, 5.41) is 4.51. The van der Waals surface area contributed by atoms with E-state index in [1.165, 1.54) is 24.1 Å². The number of hydrogen-bond acceptors (Lipinski definition) is 5. The third kappa shape index (κ3) is 2.47. The SMILES string of the molecule is Cc1cc2c(OCC3CCCCN3)ncnc2s1. The number of ether oxygens (including phenoxy) is 1. The molecule has 0 saturated carbocycles. The van der Waals surface area contributed by atoms with Crippen LogP contribution in [0, 0.1) is 6.92 Å². The van der Waals surface area contributed by atoms with E-state index in [0.29, 0.717) is 12.6 Å². The van der Waals surface area contributed by atoms with E-state index in [2.05, 4.69) is 28.3 Å². The Balaban J connectivity index is 1.73. The van der Waals surface area contributed by atoms with Gasteiger partial charge in [-0.2, -0.15) is 0 Å². The summed E-state index contributed by atoms with van der Waals surface area (Å²) < 4.78 is 5.87. The predicted molar refractivity (Wildman–Crippen MR) is 73.3 cm³/mol. The van der Waals surface area contributed by atoms with Crippen molar-refractivity contribution in [3.63, 3.8) is 0 Å². The Morgan fingerprint density at radius 1 is 1.44 bits per heavy atom. The van der Waals surface area contributed by atoms with Crippen molar-refractivity contribution in [1.82, 2.24) is 15.3 Å². The van der Waals surface area contributed by atoms with Crippen molar-refractivity contribution in [3.8, 4) is 5.88 Å². The highest BCUT2D eigenvalue weighted by Crippen LogP contribution is 2.28. The van der Waals surface area contributed by atoms with E-state index in [1.807, 2.05) is 0 Å². The van der Waals surface area contributed by atoms with Crippen LogP contribution in [0.5, 0.6) is 5.88 Å². The minimum atomic E-state index is 0.462. The maximum absolute atomic E-state index is 5.87. The lowest BCUT2D eigenvalue weighted by Crippen LogP contribution is -2.38. The van der Waals surface area contributed by atoms with Crippen molar-refractivity contribution < 1.29 is 4.74 Å². The molecule has 18 heavy (non-hydrogen) atoms. The molecule has 0 spiro atoms. The van der Waals surface area contributed by atoms with E-state index in [0.717, 1.165) is 22.6 Å². The van der Waals surface area contributed by atoms with Crippen LogP contribution in [0.3, 0.4) is 0 Å². The summed E-state index contributed by atoms with van der Waals surface area (Å²) in [5.74, 6) is 0.719. The third-order valence-electron chi connectivity index (χ3n) is 3.25. The fourth-order valence-corrected chi connectivity index (χ4v) is 3.15. The monoisotopic (exact) mass is 263 g/mol. The molecule has 0 bridgehead atoms. The summed E-state index contributed by atoms with van der Waals surface area (Å²) in [7, 11) is 0. The topological polar surface area (TPSA) is 47.0 Å². The standard InChI is InChI=1S/C13H17N3OS/c1-9-6-11-12(15-8-16-13(11)18-9)17-7-10-4-2-3-5-14-10/h6,8,10,14H,2-5,7H2,1H3. The summed E-state index contributed by atoms with van der Waals surface area (Å²) in [6.07, 6.45) is 5.34. The van der Waals surface area contributed by atoms with E-state index in [9.17, 15) is 0 Å². The van der Waals surface area contributed by atoms with Crippen molar-refractivity contribution in [1.29, 1.82) is 0 Å². The first kappa shape index (κ1) is 11.9. The van der Waals surface area contributed by atoms with Gasteiger partial charge in [0.25, 0.3) is 0 Å². The van der Waals surface area contributed by atoms with Crippen LogP contribution in [0.25, 0.3) is 10.2 Å². The fraction of sp³-hybridized carbons (Fsp3) is 0.538. The quantitative estimate of drug-likeness (QED) is 0.924. The van der Waals surface area contributed by atoms with E-state index in [-0.39, 0.29) is 0 Å².